The lowest BCUT2D eigenvalue weighted by molar-refractivity contribution is -0.128. The Kier molecular flexibility index (Phi) is 5.04. The third-order valence-corrected chi connectivity index (χ3v) is 3.60. The van der Waals surface area contributed by atoms with Crippen molar-refractivity contribution < 1.29 is 19.1 Å². The van der Waals surface area contributed by atoms with E-state index in [2.05, 4.69) is 6.58 Å². The fourth-order valence-corrected chi connectivity index (χ4v) is 2.43. The van der Waals surface area contributed by atoms with Gasteiger partial charge in [-0.15, -0.1) is 0 Å². The molecule has 1 fully saturated rings. The second-order valence-electron chi connectivity index (χ2n) is 5.27. The van der Waals surface area contributed by atoms with Crippen molar-refractivity contribution in [1.82, 2.24) is 0 Å². The van der Waals surface area contributed by atoms with E-state index in [1.54, 1.807) is 0 Å². The lowest BCUT2D eigenvalue weighted by Gasteiger charge is -2.22. The van der Waals surface area contributed by atoms with Crippen LogP contribution in [0.1, 0.15) is 42.5 Å². The number of esters is 2. The highest BCUT2D eigenvalue weighted by atomic mass is 16.5. The first-order valence-corrected chi connectivity index (χ1v) is 7.25. The number of ether oxygens (including phenoxy) is 2. The molecule has 1 aromatic carbocycles. The Balaban J connectivity index is 2.13. The number of carbonyl (C=O) groups is 2. The van der Waals surface area contributed by atoms with Crippen LogP contribution < -0.4 is 16.2 Å². The van der Waals surface area contributed by atoms with Gasteiger partial charge in [-0.2, -0.15) is 0 Å². The molecule has 2 rings (SSSR count). The first-order chi connectivity index (χ1) is 10.5. The number of benzene rings is 1. The Bertz CT molecular complexity index is 592. The van der Waals surface area contributed by atoms with E-state index in [0.29, 0.717) is 0 Å². The Morgan fingerprint density at radius 1 is 1.14 bits per heavy atom. The largest absolute Gasteiger partial charge is 0.459 e. The summed E-state index contributed by atoms with van der Waals surface area (Å²) in [5.41, 5.74) is 12.1. The van der Waals surface area contributed by atoms with Crippen molar-refractivity contribution >= 4 is 23.3 Å². The molecular weight excluding hydrogens is 284 g/mol. The molecule has 0 radical (unpaired) electrons. The maximum Gasteiger partial charge on any atom is 0.340 e. The topological polar surface area (TPSA) is 105 Å². The molecule has 1 aromatic rings. The second-order valence-corrected chi connectivity index (χ2v) is 5.27. The fraction of sp³-hybridized carbons (Fsp3) is 0.375. The Labute approximate surface area is 129 Å². The van der Waals surface area contributed by atoms with Crippen LogP contribution in [0.15, 0.2) is 24.8 Å². The summed E-state index contributed by atoms with van der Waals surface area (Å²) in [6, 6.07) is 2.71. The summed E-state index contributed by atoms with van der Waals surface area (Å²) in [6.45, 7) is 3.30. The third kappa shape index (κ3) is 3.78. The SMILES string of the molecule is C=CC(=O)Oc1cc(N)c(C(=O)OC2CCCCC2)cc1N. The lowest BCUT2D eigenvalue weighted by Crippen LogP contribution is -2.21. The van der Waals surface area contributed by atoms with E-state index < -0.39 is 11.9 Å². The molecule has 0 aliphatic heterocycles. The average Bonchev–Trinajstić information content (AvgIpc) is 2.51. The average molecular weight is 304 g/mol. The second kappa shape index (κ2) is 6.98. The highest BCUT2D eigenvalue weighted by Gasteiger charge is 2.21. The van der Waals surface area contributed by atoms with Gasteiger partial charge < -0.3 is 20.9 Å². The molecule has 0 atom stereocenters. The van der Waals surface area contributed by atoms with Gasteiger partial charge in [0.2, 0.25) is 0 Å². The minimum atomic E-state index is -0.649. The van der Waals surface area contributed by atoms with Gasteiger partial charge in [0, 0.05) is 17.8 Å². The Morgan fingerprint density at radius 2 is 1.82 bits per heavy atom. The third-order valence-electron chi connectivity index (χ3n) is 3.60. The molecule has 4 N–H and O–H groups in total. The van der Waals surface area contributed by atoms with Gasteiger partial charge >= 0.3 is 11.9 Å². The van der Waals surface area contributed by atoms with Crippen molar-refractivity contribution in [3.63, 3.8) is 0 Å². The summed E-state index contributed by atoms with van der Waals surface area (Å²) in [4.78, 5) is 23.4. The number of nitrogens with two attached hydrogens (primary N) is 2. The predicted octanol–water partition coefficient (Wildman–Crippen LogP) is 2.43. The van der Waals surface area contributed by atoms with E-state index in [1.165, 1.54) is 18.6 Å². The van der Waals surface area contributed by atoms with Crippen LogP contribution >= 0.6 is 0 Å². The molecule has 0 aromatic heterocycles. The summed E-state index contributed by atoms with van der Waals surface area (Å²) >= 11 is 0. The van der Waals surface area contributed by atoms with Gasteiger partial charge in [-0.3, -0.25) is 0 Å². The van der Waals surface area contributed by atoms with Crippen LogP contribution in [-0.2, 0) is 9.53 Å². The number of anilines is 2. The highest BCUT2D eigenvalue weighted by molar-refractivity contribution is 5.97. The molecule has 0 heterocycles. The van der Waals surface area contributed by atoms with Crippen LogP contribution in [0.4, 0.5) is 11.4 Å². The van der Waals surface area contributed by atoms with E-state index >= 15 is 0 Å². The molecule has 1 saturated carbocycles. The minimum absolute atomic E-state index is 0.0693. The smallest absolute Gasteiger partial charge is 0.340 e. The molecular formula is C16H20N2O4. The zero-order chi connectivity index (χ0) is 16.1. The predicted molar refractivity (Wildman–Crippen MR) is 83.4 cm³/mol. The molecule has 0 amide bonds. The molecule has 22 heavy (non-hydrogen) atoms. The molecule has 6 nitrogen and oxygen atoms in total. The minimum Gasteiger partial charge on any atom is -0.459 e. The standard InChI is InChI=1S/C16H20N2O4/c1-2-15(19)22-14-9-12(17)11(8-13(14)18)16(20)21-10-6-4-3-5-7-10/h2,8-10H,1,3-7,17-18H2. The Morgan fingerprint density at radius 3 is 2.45 bits per heavy atom. The van der Waals surface area contributed by atoms with Crippen molar-refractivity contribution in [3.05, 3.63) is 30.4 Å². The van der Waals surface area contributed by atoms with Crippen LogP contribution in [0, 0.1) is 0 Å². The van der Waals surface area contributed by atoms with Crippen molar-refractivity contribution in [2.45, 2.75) is 38.2 Å². The number of hydrogen-bond donors (Lipinski definition) is 2. The summed E-state index contributed by atoms with van der Waals surface area (Å²) < 4.78 is 10.4. The van der Waals surface area contributed by atoms with Gasteiger partial charge in [-0.05, 0) is 31.7 Å². The van der Waals surface area contributed by atoms with Crippen LogP contribution in [0.25, 0.3) is 0 Å². The van der Waals surface area contributed by atoms with Crippen LogP contribution in [0.3, 0.4) is 0 Å². The highest BCUT2D eigenvalue weighted by Crippen LogP contribution is 2.29. The summed E-state index contributed by atoms with van der Waals surface area (Å²) in [5, 5.41) is 0. The first kappa shape index (κ1) is 15.9. The molecule has 0 spiro atoms. The molecule has 0 bridgehead atoms. The fourth-order valence-electron chi connectivity index (χ4n) is 2.43. The molecule has 0 unspecified atom stereocenters. The first-order valence-electron chi connectivity index (χ1n) is 7.25. The van der Waals surface area contributed by atoms with Crippen molar-refractivity contribution in [2.75, 3.05) is 11.5 Å². The van der Waals surface area contributed by atoms with E-state index in [4.69, 9.17) is 20.9 Å². The van der Waals surface area contributed by atoms with E-state index in [0.717, 1.165) is 31.8 Å². The van der Waals surface area contributed by atoms with Crippen LogP contribution in [0.5, 0.6) is 5.75 Å². The molecule has 118 valence electrons. The van der Waals surface area contributed by atoms with Crippen molar-refractivity contribution in [1.29, 1.82) is 0 Å². The number of hydrogen-bond acceptors (Lipinski definition) is 6. The summed E-state index contributed by atoms with van der Waals surface area (Å²) in [5.74, 6) is -1.06. The van der Waals surface area contributed by atoms with Gasteiger partial charge in [0.05, 0.1) is 11.3 Å². The van der Waals surface area contributed by atoms with Crippen molar-refractivity contribution in [3.8, 4) is 5.75 Å². The van der Waals surface area contributed by atoms with E-state index in [9.17, 15) is 9.59 Å². The monoisotopic (exact) mass is 304 g/mol. The summed E-state index contributed by atoms with van der Waals surface area (Å²) in [6.07, 6.45) is 5.98. The van der Waals surface area contributed by atoms with Gasteiger partial charge in [0.1, 0.15) is 6.10 Å². The maximum atomic E-state index is 12.2. The van der Waals surface area contributed by atoms with Crippen LogP contribution in [-0.4, -0.2) is 18.0 Å². The number of rotatable bonds is 4. The Hall–Kier alpha value is -2.50. The van der Waals surface area contributed by atoms with Crippen molar-refractivity contribution in [2.24, 2.45) is 0 Å². The van der Waals surface area contributed by atoms with E-state index in [1.807, 2.05) is 0 Å². The van der Waals surface area contributed by atoms with Gasteiger partial charge in [0.25, 0.3) is 0 Å². The maximum absolute atomic E-state index is 12.2. The molecule has 1 aliphatic carbocycles. The van der Waals surface area contributed by atoms with Gasteiger partial charge in [0.15, 0.2) is 5.75 Å². The molecule has 1 aliphatic rings. The van der Waals surface area contributed by atoms with Gasteiger partial charge in [-0.25, -0.2) is 9.59 Å². The number of carbonyl (C=O) groups excluding carboxylic acids is 2. The van der Waals surface area contributed by atoms with Gasteiger partial charge in [-0.1, -0.05) is 13.0 Å². The number of nitrogen functional groups attached to an aromatic ring is 2. The molecule has 0 saturated heterocycles. The zero-order valence-corrected chi connectivity index (χ0v) is 12.3. The normalized spacial score (nSPS) is 15.1. The van der Waals surface area contributed by atoms with Crippen LogP contribution in [0.2, 0.25) is 0 Å². The quantitative estimate of drug-likeness (QED) is 0.383. The zero-order valence-electron chi connectivity index (χ0n) is 12.3. The lowest BCUT2D eigenvalue weighted by atomic mass is 9.98. The molecule has 6 heteroatoms. The summed E-state index contributed by atoms with van der Waals surface area (Å²) in [7, 11) is 0. The van der Waals surface area contributed by atoms with E-state index in [-0.39, 0.29) is 28.8 Å².